The maximum atomic E-state index is 11.8. The first-order valence-electron chi connectivity index (χ1n) is 6.38. The van der Waals surface area contributed by atoms with E-state index < -0.39 is 11.9 Å². The van der Waals surface area contributed by atoms with E-state index in [4.69, 9.17) is 4.74 Å². The Kier molecular flexibility index (Phi) is 4.16. The van der Waals surface area contributed by atoms with Crippen molar-refractivity contribution in [1.82, 2.24) is 10.6 Å². The van der Waals surface area contributed by atoms with Gasteiger partial charge in [-0.15, -0.1) is 0 Å². The Balaban J connectivity index is 1.93. The highest BCUT2D eigenvalue weighted by atomic mass is 16.5. The second kappa shape index (κ2) is 5.84. The molecule has 0 aliphatic carbocycles. The average molecular weight is 262 g/mol. The summed E-state index contributed by atoms with van der Waals surface area (Å²) in [4.78, 5) is 23.7. The third-order valence-electron chi connectivity index (χ3n) is 3.17. The Morgan fingerprint density at radius 3 is 2.58 bits per heavy atom. The molecule has 0 saturated carbocycles. The zero-order valence-corrected chi connectivity index (χ0v) is 11.1. The zero-order valence-electron chi connectivity index (χ0n) is 11.1. The molecule has 0 bridgehead atoms. The van der Waals surface area contributed by atoms with E-state index in [9.17, 15) is 9.59 Å². The summed E-state index contributed by atoms with van der Waals surface area (Å²) in [5.41, 5.74) is 0. The van der Waals surface area contributed by atoms with Gasteiger partial charge in [0.1, 0.15) is 5.75 Å². The van der Waals surface area contributed by atoms with Gasteiger partial charge in [0.15, 0.2) is 0 Å². The first kappa shape index (κ1) is 13.5. The molecule has 5 heteroatoms. The van der Waals surface area contributed by atoms with E-state index in [0.29, 0.717) is 5.75 Å². The molecule has 3 unspecified atom stereocenters. The van der Waals surface area contributed by atoms with Gasteiger partial charge in [0, 0.05) is 6.04 Å². The summed E-state index contributed by atoms with van der Waals surface area (Å²) in [6.45, 7) is 3.77. The minimum Gasteiger partial charge on any atom is -0.427 e. The van der Waals surface area contributed by atoms with Crippen molar-refractivity contribution in [3.8, 4) is 5.75 Å². The van der Waals surface area contributed by atoms with Crippen LogP contribution in [-0.2, 0) is 9.59 Å². The molecule has 1 fully saturated rings. The second-order valence-corrected chi connectivity index (χ2v) is 4.78. The molecule has 102 valence electrons. The van der Waals surface area contributed by atoms with E-state index in [1.54, 1.807) is 24.3 Å². The lowest BCUT2D eigenvalue weighted by Gasteiger charge is -2.33. The number of para-hydroxylation sites is 1. The van der Waals surface area contributed by atoms with Crippen molar-refractivity contribution in [2.24, 2.45) is 5.92 Å². The van der Waals surface area contributed by atoms with Gasteiger partial charge in [0.2, 0.25) is 5.91 Å². The van der Waals surface area contributed by atoms with E-state index in [0.717, 1.165) is 0 Å². The van der Waals surface area contributed by atoms with Crippen LogP contribution in [0.3, 0.4) is 0 Å². The molecule has 1 aliphatic heterocycles. The van der Waals surface area contributed by atoms with E-state index in [2.05, 4.69) is 10.6 Å². The molecule has 19 heavy (non-hydrogen) atoms. The first-order valence-corrected chi connectivity index (χ1v) is 6.38. The molecular formula is C14H18N2O3. The third-order valence-corrected chi connectivity index (χ3v) is 3.17. The minimum atomic E-state index is -0.396. The SMILES string of the molecule is CC1NC(=O)C(CC(=O)Oc2ccccc2)C(C)N1. The highest BCUT2D eigenvalue weighted by Gasteiger charge is 2.33. The van der Waals surface area contributed by atoms with E-state index in [1.807, 2.05) is 19.9 Å². The van der Waals surface area contributed by atoms with Crippen molar-refractivity contribution >= 4 is 11.9 Å². The molecule has 1 aliphatic rings. The number of rotatable bonds is 3. The fourth-order valence-electron chi connectivity index (χ4n) is 2.21. The zero-order chi connectivity index (χ0) is 13.8. The average Bonchev–Trinajstić information content (AvgIpc) is 2.35. The monoisotopic (exact) mass is 262 g/mol. The highest BCUT2D eigenvalue weighted by Crippen LogP contribution is 2.17. The van der Waals surface area contributed by atoms with Gasteiger partial charge in [-0.2, -0.15) is 0 Å². The Labute approximate surface area is 112 Å². The largest absolute Gasteiger partial charge is 0.427 e. The topological polar surface area (TPSA) is 67.4 Å². The standard InChI is InChI=1S/C14H18N2O3/c1-9-12(14(18)16-10(2)15-9)8-13(17)19-11-6-4-3-5-7-11/h3-7,9-10,12,15H,8H2,1-2H3,(H,16,18). The van der Waals surface area contributed by atoms with Crippen LogP contribution in [0.4, 0.5) is 0 Å². The van der Waals surface area contributed by atoms with Gasteiger partial charge in [0.05, 0.1) is 18.5 Å². The quantitative estimate of drug-likeness (QED) is 0.631. The van der Waals surface area contributed by atoms with Crippen LogP contribution < -0.4 is 15.4 Å². The summed E-state index contributed by atoms with van der Waals surface area (Å²) < 4.78 is 5.19. The molecule has 1 saturated heterocycles. The Morgan fingerprint density at radius 2 is 1.95 bits per heavy atom. The first-order chi connectivity index (χ1) is 9.06. The Morgan fingerprint density at radius 1 is 1.26 bits per heavy atom. The number of esters is 1. The minimum absolute atomic E-state index is 0.0490. The lowest BCUT2D eigenvalue weighted by atomic mass is 9.94. The van der Waals surface area contributed by atoms with Crippen LogP contribution in [0.1, 0.15) is 20.3 Å². The number of carbonyl (C=O) groups is 2. The van der Waals surface area contributed by atoms with Gasteiger partial charge in [-0.1, -0.05) is 18.2 Å². The fraction of sp³-hybridized carbons (Fsp3) is 0.429. The van der Waals surface area contributed by atoms with Gasteiger partial charge in [-0.05, 0) is 26.0 Å². The molecule has 0 radical (unpaired) electrons. The summed E-state index contributed by atoms with van der Waals surface area (Å²) in [7, 11) is 0. The molecule has 3 atom stereocenters. The van der Waals surface area contributed by atoms with Crippen LogP contribution in [-0.4, -0.2) is 24.1 Å². The molecule has 2 rings (SSSR count). The fourth-order valence-corrected chi connectivity index (χ4v) is 2.21. The number of carbonyl (C=O) groups excluding carboxylic acids is 2. The van der Waals surface area contributed by atoms with Gasteiger partial charge in [0.25, 0.3) is 0 Å². The lowest BCUT2D eigenvalue weighted by molar-refractivity contribution is -0.141. The van der Waals surface area contributed by atoms with Crippen LogP contribution >= 0.6 is 0 Å². The molecular weight excluding hydrogens is 244 g/mol. The Bertz CT molecular complexity index is 461. The number of hydrogen-bond acceptors (Lipinski definition) is 4. The van der Waals surface area contributed by atoms with Crippen molar-refractivity contribution in [3.05, 3.63) is 30.3 Å². The molecule has 1 amide bonds. The van der Waals surface area contributed by atoms with Crippen LogP contribution in [0, 0.1) is 5.92 Å². The molecule has 1 heterocycles. The molecule has 1 aromatic carbocycles. The summed E-state index contributed by atoms with van der Waals surface area (Å²) in [6, 6.07) is 8.81. The molecule has 5 nitrogen and oxygen atoms in total. The van der Waals surface area contributed by atoms with Crippen molar-refractivity contribution < 1.29 is 14.3 Å². The van der Waals surface area contributed by atoms with Crippen LogP contribution in [0.15, 0.2) is 30.3 Å². The third kappa shape index (κ3) is 3.54. The lowest BCUT2D eigenvalue weighted by Crippen LogP contribution is -2.59. The van der Waals surface area contributed by atoms with Crippen LogP contribution in [0.25, 0.3) is 0 Å². The van der Waals surface area contributed by atoms with Crippen molar-refractivity contribution in [2.75, 3.05) is 0 Å². The highest BCUT2D eigenvalue weighted by molar-refractivity contribution is 5.85. The number of amides is 1. The maximum Gasteiger partial charge on any atom is 0.312 e. The van der Waals surface area contributed by atoms with E-state index in [-0.39, 0.29) is 24.5 Å². The van der Waals surface area contributed by atoms with Gasteiger partial charge >= 0.3 is 5.97 Å². The number of nitrogens with one attached hydrogen (secondary N) is 2. The van der Waals surface area contributed by atoms with E-state index in [1.165, 1.54) is 0 Å². The summed E-state index contributed by atoms with van der Waals surface area (Å²) in [5, 5.41) is 5.96. The molecule has 1 aromatic rings. The molecule has 0 aromatic heterocycles. The predicted octanol–water partition coefficient (Wildman–Crippen LogP) is 1.05. The normalized spacial score (nSPS) is 26.6. The van der Waals surface area contributed by atoms with Gasteiger partial charge in [-0.25, -0.2) is 0 Å². The molecule has 2 N–H and O–H groups in total. The summed E-state index contributed by atoms with van der Waals surface area (Å²) in [5.74, 6) is -0.400. The summed E-state index contributed by atoms with van der Waals surface area (Å²) >= 11 is 0. The van der Waals surface area contributed by atoms with Gasteiger partial charge in [-0.3, -0.25) is 14.9 Å². The smallest absolute Gasteiger partial charge is 0.312 e. The van der Waals surface area contributed by atoms with Crippen LogP contribution in [0.2, 0.25) is 0 Å². The number of ether oxygens (including phenoxy) is 1. The van der Waals surface area contributed by atoms with Crippen LogP contribution in [0.5, 0.6) is 5.75 Å². The maximum absolute atomic E-state index is 11.8. The van der Waals surface area contributed by atoms with Crippen molar-refractivity contribution in [1.29, 1.82) is 0 Å². The predicted molar refractivity (Wildman–Crippen MR) is 70.4 cm³/mol. The number of benzene rings is 1. The Hall–Kier alpha value is -1.88. The molecule has 0 spiro atoms. The number of hydrogen-bond donors (Lipinski definition) is 2. The summed E-state index contributed by atoms with van der Waals surface area (Å²) in [6.07, 6.45) is 0.00521. The van der Waals surface area contributed by atoms with Gasteiger partial charge < -0.3 is 10.1 Å². The van der Waals surface area contributed by atoms with Crippen molar-refractivity contribution in [2.45, 2.75) is 32.5 Å². The van der Waals surface area contributed by atoms with Crippen molar-refractivity contribution in [3.63, 3.8) is 0 Å². The van der Waals surface area contributed by atoms with E-state index >= 15 is 0 Å². The second-order valence-electron chi connectivity index (χ2n) is 4.78.